The first-order valence-corrected chi connectivity index (χ1v) is 7.49. The monoisotopic (exact) mass is 398 g/mol. The van der Waals surface area contributed by atoms with E-state index in [1.807, 2.05) is 25.1 Å². The Morgan fingerprint density at radius 3 is 2.65 bits per heavy atom. The Labute approximate surface area is 133 Å². The fraction of sp³-hybridized carbons (Fsp3) is 0.143. The number of nitro benzene ring substituents is 1. The molecule has 0 amide bonds. The second-order valence-corrected chi connectivity index (χ2v) is 6.14. The Kier molecular flexibility index (Phi) is 4.77. The van der Waals surface area contributed by atoms with Crippen LogP contribution in [0.1, 0.15) is 11.1 Å². The Morgan fingerprint density at radius 1 is 1.20 bits per heavy atom. The summed E-state index contributed by atoms with van der Waals surface area (Å²) in [5.74, 6) is 0. The predicted octanol–water partition coefficient (Wildman–Crippen LogP) is 5.04. The number of hydrogen-bond acceptors (Lipinski definition) is 3. The number of nitro groups is 1. The van der Waals surface area contributed by atoms with Gasteiger partial charge in [0.25, 0.3) is 5.69 Å². The standard InChI is InChI=1S/C14H12Br2N2O2/c1-9-2-4-12(16)13(6-9)17-8-10-7-11(15)3-5-14(10)18(19)20/h2-7,17H,8H2,1H3. The molecule has 0 atom stereocenters. The summed E-state index contributed by atoms with van der Waals surface area (Å²) in [6.07, 6.45) is 0. The van der Waals surface area contributed by atoms with Gasteiger partial charge in [-0.05, 0) is 52.7 Å². The van der Waals surface area contributed by atoms with Crippen LogP contribution in [0.2, 0.25) is 0 Å². The SMILES string of the molecule is Cc1ccc(Br)c(NCc2cc(Br)ccc2[N+](=O)[O-])c1. The highest BCUT2D eigenvalue weighted by Crippen LogP contribution is 2.27. The maximum Gasteiger partial charge on any atom is 0.274 e. The average Bonchev–Trinajstić information content (AvgIpc) is 2.39. The molecule has 6 heteroatoms. The Balaban J connectivity index is 2.24. The van der Waals surface area contributed by atoms with Crippen molar-refractivity contribution in [1.29, 1.82) is 0 Å². The average molecular weight is 400 g/mol. The number of nitrogens with one attached hydrogen (secondary N) is 1. The molecule has 0 bridgehead atoms. The van der Waals surface area contributed by atoms with Gasteiger partial charge in [0.15, 0.2) is 0 Å². The summed E-state index contributed by atoms with van der Waals surface area (Å²) in [6.45, 7) is 2.39. The van der Waals surface area contributed by atoms with Gasteiger partial charge in [-0.3, -0.25) is 10.1 Å². The van der Waals surface area contributed by atoms with Gasteiger partial charge in [-0.2, -0.15) is 0 Å². The van der Waals surface area contributed by atoms with Crippen LogP contribution < -0.4 is 5.32 Å². The molecule has 0 saturated carbocycles. The van der Waals surface area contributed by atoms with Crippen molar-refractivity contribution in [2.45, 2.75) is 13.5 Å². The Bertz CT molecular complexity index is 660. The summed E-state index contributed by atoms with van der Waals surface area (Å²) in [5, 5.41) is 14.2. The summed E-state index contributed by atoms with van der Waals surface area (Å²) < 4.78 is 1.75. The second-order valence-electron chi connectivity index (χ2n) is 4.37. The fourth-order valence-corrected chi connectivity index (χ4v) is 2.63. The molecule has 20 heavy (non-hydrogen) atoms. The molecule has 0 aliphatic heterocycles. The number of rotatable bonds is 4. The van der Waals surface area contributed by atoms with Crippen molar-refractivity contribution in [2.24, 2.45) is 0 Å². The van der Waals surface area contributed by atoms with Gasteiger partial charge in [0.2, 0.25) is 0 Å². The number of aryl methyl sites for hydroxylation is 1. The maximum atomic E-state index is 11.0. The lowest BCUT2D eigenvalue weighted by atomic mass is 10.1. The molecule has 0 aliphatic carbocycles. The number of halogens is 2. The molecule has 2 aromatic rings. The van der Waals surface area contributed by atoms with E-state index in [9.17, 15) is 10.1 Å². The van der Waals surface area contributed by atoms with Crippen molar-refractivity contribution in [3.8, 4) is 0 Å². The van der Waals surface area contributed by atoms with Crippen LogP contribution in [0.3, 0.4) is 0 Å². The Morgan fingerprint density at radius 2 is 1.95 bits per heavy atom. The fourth-order valence-electron chi connectivity index (χ4n) is 1.84. The van der Waals surface area contributed by atoms with E-state index >= 15 is 0 Å². The van der Waals surface area contributed by atoms with E-state index in [-0.39, 0.29) is 10.6 Å². The third-order valence-corrected chi connectivity index (χ3v) is 4.01. The summed E-state index contributed by atoms with van der Waals surface area (Å²) in [7, 11) is 0. The Hall–Kier alpha value is -1.40. The van der Waals surface area contributed by atoms with Gasteiger partial charge in [0.1, 0.15) is 0 Å². The minimum atomic E-state index is -0.366. The van der Waals surface area contributed by atoms with Crippen LogP contribution >= 0.6 is 31.9 Å². The third-order valence-electron chi connectivity index (χ3n) is 2.83. The van der Waals surface area contributed by atoms with Gasteiger partial charge in [-0.1, -0.05) is 22.0 Å². The first kappa shape index (κ1) is 15.0. The molecule has 0 aliphatic rings. The number of hydrogen-bond donors (Lipinski definition) is 1. The zero-order chi connectivity index (χ0) is 14.7. The predicted molar refractivity (Wildman–Crippen MR) is 87.0 cm³/mol. The van der Waals surface area contributed by atoms with Crippen LogP contribution in [0.4, 0.5) is 11.4 Å². The van der Waals surface area contributed by atoms with Gasteiger partial charge in [-0.25, -0.2) is 0 Å². The van der Waals surface area contributed by atoms with Crippen molar-refractivity contribution < 1.29 is 4.92 Å². The van der Waals surface area contributed by atoms with E-state index in [4.69, 9.17) is 0 Å². The molecule has 4 nitrogen and oxygen atoms in total. The molecule has 0 unspecified atom stereocenters. The summed E-state index contributed by atoms with van der Waals surface area (Å²) >= 11 is 6.80. The van der Waals surface area contributed by atoms with Crippen LogP contribution in [0.25, 0.3) is 0 Å². The van der Waals surface area contributed by atoms with Gasteiger partial charge >= 0.3 is 0 Å². The topological polar surface area (TPSA) is 55.2 Å². The second kappa shape index (κ2) is 6.37. The zero-order valence-corrected chi connectivity index (χ0v) is 13.9. The highest BCUT2D eigenvalue weighted by atomic mass is 79.9. The highest BCUT2D eigenvalue weighted by Gasteiger charge is 2.13. The van der Waals surface area contributed by atoms with Crippen molar-refractivity contribution in [2.75, 3.05) is 5.32 Å². The lowest BCUT2D eigenvalue weighted by molar-refractivity contribution is -0.385. The molecule has 104 valence electrons. The highest BCUT2D eigenvalue weighted by molar-refractivity contribution is 9.10. The van der Waals surface area contributed by atoms with Crippen molar-refractivity contribution in [1.82, 2.24) is 0 Å². The van der Waals surface area contributed by atoms with Gasteiger partial charge in [-0.15, -0.1) is 0 Å². The van der Waals surface area contributed by atoms with E-state index in [0.717, 1.165) is 20.2 Å². The van der Waals surface area contributed by atoms with Crippen LogP contribution in [-0.2, 0) is 6.54 Å². The summed E-state index contributed by atoms with van der Waals surface area (Å²) in [4.78, 5) is 10.7. The molecule has 0 aromatic heterocycles. The number of nitrogens with zero attached hydrogens (tertiary/aromatic N) is 1. The molecule has 0 fully saturated rings. The van der Waals surface area contributed by atoms with Gasteiger partial charge in [0, 0.05) is 32.8 Å². The van der Waals surface area contributed by atoms with Crippen molar-refractivity contribution in [3.05, 3.63) is 66.6 Å². The van der Waals surface area contributed by atoms with E-state index in [1.54, 1.807) is 12.1 Å². The summed E-state index contributed by atoms with van der Waals surface area (Å²) in [6, 6.07) is 10.9. The molecule has 0 heterocycles. The largest absolute Gasteiger partial charge is 0.380 e. The van der Waals surface area contributed by atoms with E-state index < -0.39 is 0 Å². The van der Waals surface area contributed by atoms with Crippen LogP contribution in [0.15, 0.2) is 45.3 Å². The number of anilines is 1. The van der Waals surface area contributed by atoms with E-state index in [1.165, 1.54) is 6.07 Å². The first-order valence-electron chi connectivity index (χ1n) is 5.90. The summed E-state index contributed by atoms with van der Waals surface area (Å²) in [5.41, 5.74) is 2.79. The molecule has 0 spiro atoms. The lowest BCUT2D eigenvalue weighted by Crippen LogP contribution is -2.04. The van der Waals surface area contributed by atoms with Crippen LogP contribution in [0.5, 0.6) is 0 Å². The molecule has 2 aromatic carbocycles. The first-order chi connectivity index (χ1) is 9.47. The minimum absolute atomic E-state index is 0.115. The third kappa shape index (κ3) is 3.58. The normalized spacial score (nSPS) is 10.3. The zero-order valence-electron chi connectivity index (χ0n) is 10.7. The quantitative estimate of drug-likeness (QED) is 0.578. The van der Waals surface area contributed by atoms with Crippen LogP contribution in [-0.4, -0.2) is 4.92 Å². The van der Waals surface area contributed by atoms with Crippen molar-refractivity contribution in [3.63, 3.8) is 0 Å². The molecule has 0 saturated heterocycles. The van der Waals surface area contributed by atoms with E-state index in [0.29, 0.717) is 12.1 Å². The molecule has 2 rings (SSSR count). The maximum absolute atomic E-state index is 11.0. The van der Waals surface area contributed by atoms with Crippen molar-refractivity contribution >= 4 is 43.2 Å². The minimum Gasteiger partial charge on any atom is -0.380 e. The van der Waals surface area contributed by atoms with Crippen LogP contribution in [0, 0.1) is 17.0 Å². The molecular weight excluding hydrogens is 388 g/mol. The van der Waals surface area contributed by atoms with Gasteiger partial charge in [0.05, 0.1) is 4.92 Å². The smallest absolute Gasteiger partial charge is 0.274 e. The molecule has 1 N–H and O–H groups in total. The van der Waals surface area contributed by atoms with Gasteiger partial charge < -0.3 is 5.32 Å². The molecule has 0 radical (unpaired) electrons. The molecular formula is C14H12Br2N2O2. The lowest BCUT2D eigenvalue weighted by Gasteiger charge is -2.10. The number of benzene rings is 2. The van der Waals surface area contributed by atoms with E-state index in [2.05, 4.69) is 37.2 Å².